The number of nitrogens with zero attached hydrogens (tertiary/aromatic N) is 1. The molecule has 0 amide bonds. The van der Waals surface area contributed by atoms with Crippen molar-refractivity contribution in [3.8, 4) is 5.75 Å². The van der Waals surface area contributed by atoms with Crippen molar-refractivity contribution in [3.63, 3.8) is 0 Å². The molecule has 2 N–H and O–H groups in total. The average Bonchev–Trinajstić information content (AvgIpc) is 2.66. The molecule has 0 aliphatic heterocycles. The smallest absolute Gasteiger partial charge is 0.337 e. The summed E-state index contributed by atoms with van der Waals surface area (Å²) in [5.41, 5.74) is 0.895. The van der Waals surface area contributed by atoms with Gasteiger partial charge in [-0.25, -0.2) is 9.78 Å². The highest BCUT2D eigenvalue weighted by Crippen LogP contribution is 2.41. The average molecular weight is 374 g/mol. The highest BCUT2D eigenvalue weighted by atomic mass is 79.9. The highest BCUT2D eigenvalue weighted by Gasteiger charge is 2.31. The summed E-state index contributed by atoms with van der Waals surface area (Å²) in [4.78, 5) is 15.8. The van der Waals surface area contributed by atoms with Crippen molar-refractivity contribution < 1.29 is 19.7 Å². The van der Waals surface area contributed by atoms with Crippen LogP contribution in [-0.4, -0.2) is 26.8 Å². The van der Waals surface area contributed by atoms with Crippen molar-refractivity contribution in [2.45, 2.75) is 39.4 Å². The van der Waals surface area contributed by atoms with Gasteiger partial charge in [-0.15, -0.1) is 11.3 Å². The van der Waals surface area contributed by atoms with Crippen molar-refractivity contribution in [2.75, 3.05) is 0 Å². The Balaban J connectivity index is 2.64. The third kappa shape index (κ3) is 3.36. The molecule has 1 heterocycles. The van der Waals surface area contributed by atoms with Crippen LogP contribution >= 0.6 is 27.3 Å². The minimum Gasteiger partial charge on any atom is -0.506 e. The van der Waals surface area contributed by atoms with E-state index in [1.54, 1.807) is 33.8 Å². The number of phenols is 1. The fraction of sp³-hybridized carbons (Fsp3) is 0.429. The molecule has 1 aromatic carbocycles. The highest BCUT2D eigenvalue weighted by molar-refractivity contribution is 9.11. The number of aromatic hydroxyl groups is 1. The van der Waals surface area contributed by atoms with E-state index in [0.717, 1.165) is 0 Å². The zero-order chi connectivity index (χ0) is 15.9. The van der Waals surface area contributed by atoms with Gasteiger partial charge in [-0.1, -0.05) is 0 Å². The monoisotopic (exact) mass is 373 g/mol. The lowest BCUT2D eigenvalue weighted by atomic mass is 10.0. The lowest BCUT2D eigenvalue weighted by molar-refractivity contribution is -0.160. The van der Waals surface area contributed by atoms with Crippen LogP contribution in [0.15, 0.2) is 9.98 Å². The first-order valence-electron chi connectivity index (χ1n) is 6.29. The minimum atomic E-state index is -1.23. The Labute approximate surface area is 134 Å². The van der Waals surface area contributed by atoms with Crippen LogP contribution < -0.4 is 0 Å². The summed E-state index contributed by atoms with van der Waals surface area (Å²) in [6, 6.07) is 1.76. The molecule has 0 saturated heterocycles. The second-order valence-electron chi connectivity index (χ2n) is 5.72. The fourth-order valence-electron chi connectivity index (χ4n) is 2.08. The molecular formula is C14H16BrNO4S. The maximum absolute atomic E-state index is 11.6. The molecule has 7 heteroatoms. The molecule has 0 spiro atoms. The van der Waals surface area contributed by atoms with Crippen LogP contribution in [0.5, 0.6) is 5.75 Å². The standard InChI is InChI=1S/C14H16BrNO4S/c1-6-5-7-11(21-13(15)16-7)9(17)8(6)10(12(18)19)20-14(2,3)4/h5,10,17H,1-4H3,(H,18,19)/t10-/m0/s1. The minimum absolute atomic E-state index is 0.0788. The van der Waals surface area contributed by atoms with Crippen LogP contribution in [-0.2, 0) is 9.53 Å². The van der Waals surface area contributed by atoms with Crippen molar-refractivity contribution in [2.24, 2.45) is 0 Å². The van der Waals surface area contributed by atoms with Crippen molar-refractivity contribution in [1.29, 1.82) is 0 Å². The number of fused-ring (bicyclic) bond motifs is 1. The lowest BCUT2D eigenvalue weighted by Gasteiger charge is -2.26. The van der Waals surface area contributed by atoms with Crippen LogP contribution in [0.25, 0.3) is 10.2 Å². The Morgan fingerprint density at radius 3 is 2.62 bits per heavy atom. The quantitative estimate of drug-likeness (QED) is 0.849. The first kappa shape index (κ1) is 16.2. The molecule has 0 aliphatic carbocycles. The van der Waals surface area contributed by atoms with E-state index in [1.807, 2.05) is 0 Å². The number of hydrogen-bond donors (Lipinski definition) is 2. The van der Waals surface area contributed by atoms with E-state index in [4.69, 9.17) is 4.74 Å². The fourth-order valence-corrected chi connectivity index (χ4v) is 3.49. The molecule has 2 aromatic rings. The first-order chi connectivity index (χ1) is 9.60. The summed E-state index contributed by atoms with van der Waals surface area (Å²) >= 11 is 4.53. The Morgan fingerprint density at radius 1 is 1.48 bits per heavy atom. The summed E-state index contributed by atoms with van der Waals surface area (Å²) < 4.78 is 6.80. The number of carboxylic acids is 1. The van der Waals surface area contributed by atoms with Gasteiger partial charge in [-0.3, -0.25) is 0 Å². The number of aliphatic carboxylic acids is 1. The summed E-state index contributed by atoms with van der Waals surface area (Å²) in [7, 11) is 0. The number of halogens is 1. The molecule has 1 atom stereocenters. The van der Waals surface area contributed by atoms with Gasteiger partial charge in [0.15, 0.2) is 10.0 Å². The van der Waals surface area contributed by atoms with Gasteiger partial charge >= 0.3 is 5.97 Å². The second kappa shape index (κ2) is 5.55. The van der Waals surface area contributed by atoms with Crippen LogP contribution in [0.4, 0.5) is 0 Å². The van der Waals surface area contributed by atoms with Gasteiger partial charge in [-0.05, 0) is 55.3 Å². The predicted molar refractivity (Wildman–Crippen MR) is 84.9 cm³/mol. The zero-order valence-electron chi connectivity index (χ0n) is 12.1. The number of benzene rings is 1. The summed E-state index contributed by atoms with van der Waals surface area (Å²) in [6.07, 6.45) is -1.23. The van der Waals surface area contributed by atoms with E-state index < -0.39 is 17.7 Å². The van der Waals surface area contributed by atoms with Crippen molar-refractivity contribution in [3.05, 3.63) is 21.1 Å². The molecule has 1 aromatic heterocycles. The van der Waals surface area contributed by atoms with Gasteiger partial charge in [0.25, 0.3) is 0 Å². The Morgan fingerprint density at radius 2 is 2.10 bits per heavy atom. The lowest BCUT2D eigenvalue weighted by Crippen LogP contribution is -2.27. The maximum Gasteiger partial charge on any atom is 0.337 e. The van der Waals surface area contributed by atoms with Gasteiger partial charge in [0.05, 0.1) is 15.8 Å². The Kier molecular flexibility index (Phi) is 4.28. The normalized spacial score (nSPS) is 13.6. The Bertz CT molecular complexity index is 705. The number of aryl methyl sites for hydroxylation is 1. The molecule has 0 unspecified atom stereocenters. The van der Waals surface area contributed by atoms with Crippen LogP contribution in [0.2, 0.25) is 0 Å². The first-order valence-corrected chi connectivity index (χ1v) is 7.90. The van der Waals surface area contributed by atoms with E-state index in [2.05, 4.69) is 20.9 Å². The number of thiazole rings is 1. The SMILES string of the molecule is Cc1cc2nc(Br)sc2c(O)c1[C@H](OC(C)(C)C)C(=O)O. The van der Waals surface area contributed by atoms with Crippen molar-refractivity contribution in [1.82, 2.24) is 4.98 Å². The van der Waals surface area contributed by atoms with Crippen molar-refractivity contribution >= 4 is 43.5 Å². The van der Waals surface area contributed by atoms with Crippen LogP contribution in [0, 0.1) is 6.92 Å². The maximum atomic E-state index is 11.6. The molecule has 0 aliphatic rings. The largest absolute Gasteiger partial charge is 0.506 e. The van der Waals surface area contributed by atoms with Gasteiger partial charge in [0, 0.05) is 5.56 Å². The zero-order valence-corrected chi connectivity index (χ0v) is 14.5. The van der Waals surface area contributed by atoms with E-state index in [9.17, 15) is 15.0 Å². The van der Waals surface area contributed by atoms with Crippen LogP contribution in [0.1, 0.15) is 38.0 Å². The van der Waals surface area contributed by atoms with Gasteiger partial charge in [0.1, 0.15) is 5.75 Å². The molecule has 0 fully saturated rings. The summed E-state index contributed by atoms with van der Waals surface area (Å²) in [5, 5.41) is 19.9. The number of rotatable bonds is 3. The molecule has 0 bridgehead atoms. The molecular weight excluding hydrogens is 358 g/mol. The van der Waals surface area contributed by atoms with E-state index in [-0.39, 0.29) is 11.3 Å². The number of phenolic OH excluding ortho intramolecular Hbond substituents is 1. The number of aromatic nitrogens is 1. The molecule has 0 saturated carbocycles. The predicted octanol–water partition coefficient (Wildman–Crippen LogP) is 4.01. The molecule has 5 nitrogen and oxygen atoms in total. The molecule has 21 heavy (non-hydrogen) atoms. The second-order valence-corrected chi connectivity index (χ2v) is 7.99. The number of ether oxygens (including phenoxy) is 1. The Hall–Kier alpha value is -1.18. The molecule has 114 valence electrons. The molecule has 2 rings (SSSR count). The number of carboxylic acid groups (broad SMARTS) is 1. The third-order valence-corrected chi connectivity index (χ3v) is 4.36. The van der Waals surface area contributed by atoms with Gasteiger partial charge in [-0.2, -0.15) is 0 Å². The van der Waals surface area contributed by atoms with Gasteiger partial charge < -0.3 is 14.9 Å². The summed E-state index contributed by atoms with van der Waals surface area (Å²) in [5.74, 6) is -1.21. The van der Waals surface area contributed by atoms with E-state index in [1.165, 1.54) is 11.3 Å². The topological polar surface area (TPSA) is 79.7 Å². The van der Waals surface area contributed by atoms with E-state index in [0.29, 0.717) is 19.7 Å². The van der Waals surface area contributed by atoms with E-state index >= 15 is 0 Å². The van der Waals surface area contributed by atoms with Crippen LogP contribution in [0.3, 0.4) is 0 Å². The number of hydrogen-bond acceptors (Lipinski definition) is 5. The number of carbonyl (C=O) groups is 1. The summed E-state index contributed by atoms with van der Waals surface area (Å²) in [6.45, 7) is 7.06. The molecule has 0 radical (unpaired) electrons. The third-order valence-electron chi connectivity index (χ3n) is 2.83. The van der Waals surface area contributed by atoms with Gasteiger partial charge in [0.2, 0.25) is 0 Å².